The highest BCUT2D eigenvalue weighted by atomic mass is 16.6. The summed E-state index contributed by atoms with van der Waals surface area (Å²) in [6, 6.07) is 21.5. The minimum absolute atomic E-state index is 0.273. The molecule has 7 heteroatoms. The summed E-state index contributed by atoms with van der Waals surface area (Å²) < 4.78 is 18.6. The first kappa shape index (κ1) is 22.2. The maximum Gasteiger partial charge on any atom is 0.214 e. The molecule has 0 radical (unpaired) electrons. The third kappa shape index (κ3) is 3.98. The molecule has 4 rings (SSSR count). The lowest BCUT2D eigenvalue weighted by Gasteiger charge is -2.20. The number of para-hydroxylation sites is 1. The Kier molecular flexibility index (Phi) is 6.22. The number of methoxy groups -OCH3 is 3. The zero-order chi connectivity index (χ0) is 23.5. The second kappa shape index (κ2) is 9.24. The molecule has 170 valence electrons. The first-order valence-electron chi connectivity index (χ1n) is 10.5. The molecule has 33 heavy (non-hydrogen) atoms. The molecule has 0 amide bonds. The van der Waals surface area contributed by atoms with Crippen LogP contribution in [-0.4, -0.2) is 37.4 Å². The van der Waals surface area contributed by atoms with Crippen molar-refractivity contribution in [2.24, 2.45) is 7.05 Å². The normalized spacial score (nSPS) is 11.9. The lowest BCUT2D eigenvalue weighted by atomic mass is 9.87. The molecule has 0 fully saturated rings. The van der Waals surface area contributed by atoms with Gasteiger partial charge in [0.2, 0.25) is 12.3 Å². The number of aryl methyl sites for hydroxylation is 1. The largest absolute Gasteiger partial charge is 0.493 e. The van der Waals surface area contributed by atoms with Crippen molar-refractivity contribution in [2.75, 3.05) is 27.9 Å². The second-order valence-corrected chi connectivity index (χ2v) is 7.73. The third-order valence-electron chi connectivity index (χ3n) is 5.96. The third-order valence-corrected chi connectivity index (χ3v) is 5.96. The van der Waals surface area contributed by atoms with E-state index in [2.05, 4.69) is 4.57 Å². The van der Waals surface area contributed by atoms with Crippen molar-refractivity contribution >= 4 is 10.9 Å². The van der Waals surface area contributed by atoms with Crippen LogP contribution in [0.2, 0.25) is 0 Å². The first-order chi connectivity index (χ1) is 16.0. The van der Waals surface area contributed by atoms with E-state index < -0.39 is 5.92 Å². The van der Waals surface area contributed by atoms with Crippen molar-refractivity contribution < 1.29 is 19.1 Å². The number of ether oxygens (including phenoxy) is 3. The second-order valence-electron chi connectivity index (χ2n) is 7.73. The fraction of sp³-hybridized carbons (Fsp3) is 0.231. The van der Waals surface area contributed by atoms with Crippen LogP contribution in [0, 0.1) is 10.1 Å². The predicted octanol–water partition coefficient (Wildman–Crippen LogP) is 5.28. The molecule has 0 spiro atoms. The van der Waals surface area contributed by atoms with E-state index in [1.165, 1.54) is 21.3 Å². The van der Waals surface area contributed by atoms with Crippen LogP contribution in [-0.2, 0) is 7.05 Å². The summed E-state index contributed by atoms with van der Waals surface area (Å²) in [6.07, 6.45) is 0. The van der Waals surface area contributed by atoms with E-state index in [4.69, 9.17) is 14.2 Å². The molecule has 1 heterocycles. The molecular formula is C26H26N2O5. The van der Waals surface area contributed by atoms with Crippen LogP contribution >= 0.6 is 0 Å². The number of nitro groups is 1. The number of fused-ring (bicyclic) bond motifs is 1. The molecule has 7 nitrogen and oxygen atoms in total. The maximum absolute atomic E-state index is 11.9. The molecule has 1 unspecified atom stereocenters. The number of aromatic nitrogens is 1. The Morgan fingerprint density at radius 2 is 1.52 bits per heavy atom. The molecule has 3 aromatic carbocycles. The Bertz CT molecular complexity index is 1270. The van der Waals surface area contributed by atoms with E-state index in [0.717, 1.165) is 33.3 Å². The van der Waals surface area contributed by atoms with Gasteiger partial charge >= 0.3 is 0 Å². The molecule has 0 N–H and O–H groups in total. The molecular weight excluding hydrogens is 420 g/mol. The van der Waals surface area contributed by atoms with Gasteiger partial charge in [-0.1, -0.05) is 48.5 Å². The average Bonchev–Trinajstić information content (AvgIpc) is 3.14. The van der Waals surface area contributed by atoms with Gasteiger partial charge in [-0.3, -0.25) is 10.1 Å². The van der Waals surface area contributed by atoms with Crippen LogP contribution in [0.25, 0.3) is 22.2 Å². The van der Waals surface area contributed by atoms with Crippen LogP contribution < -0.4 is 14.2 Å². The molecule has 1 atom stereocenters. The summed E-state index contributed by atoms with van der Waals surface area (Å²) in [5.41, 5.74) is 4.55. The number of benzene rings is 3. The van der Waals surface area contributed by atoms with Crippen LogP contribution in [0.3, 0.4) is 0 Å². The van der Waals surface area contributed by atoms with Gasteiger partial charge in [0.05, 0.1) is 32.9 Å². The number of rotatable bonds is 8. The molecule has 0 saturated carbocycles. The minimum atomic E-state index is -0.546. The molecule has 0 saturated heterocycles. The summed E-state index contributed by atoms with van der Waals surface area (Å²) in [5, 5.41) is 12.9. The van der Waals surface area contributed by atoms with Crippen LogP contribution in [0.15, 0.2) is 66.7 Å². The van der Waals surface area contributed by atoms with Gasteiger partial charge in [-0.15, -0.1) is 0 Å². The Labute approximate surface area is 192 Å². The highest BCUT2D eigenvalue weighted by Gasteiger charge is 2.30. The average molecular weight is 447 g/mol. The summed E-state index contributed by atoms with van der Waals surface area (Å²) in [7, 11) is 6.60. The zero-order valence-corrected chi connectivity index (χ0v) is 19.1. The van der Waals surface area contributed by atoms with Crippen LogP contribution in [0.1, 0.15) is 17.0 Å². The number of hydrogen-bond acceptors (Lipinski definition) is 5. The lowest BCUT2D eigenvalue weighted by Crippen LogP contribution is -2.15. The monoisotopic (exact) mass is 446 g/mol. The van der Waals surface area contributed by atoms with E-state index in [1.54, 1.807) is 12.1 Å². The standard InChI is InChI=1S/C26H26N2O5/c1-27-21-13-9-8-12-19(21)24(25(27)17-10-6-5-7-11-17)20(16-28(29)30)18-14-22(31-2)26(33-4)23(15-18)32-3/h5-15,20H,16H2,1-4H3. The molecule has 1 aromatic heterocycles. The van der Waals surface area contributed by atoms with Crippen molar-refractivity contribution in [3.05, 3.63) is 88.0 Å². The van der Waals surface area contributed by atoms with Gasteiger partial charge in [0.15, 0.2) is 11.5 Å². The van der Waals surface area contributed by atoms with Gasteiger partial charge in [0.25, 0.3) is 0 Å². The summed E-state index contributed by atoms with van der Waals surface area (Å²) in [6.45, 7) is -0.285. The van der Waals surface area contributed by atoms with E-state index in [9.17, 15) is 10.1 Å². The topological polar surface area (TPSA) is 75.8 Å². The Balaban J connectivity index is 2.06. The van der Waals surface area contributed by atoms with E-state index in [0.29, 0.717) is 17.2 Å². The summed E-state index contributed by atoms with van der Waals surface area (Å²) >= 11 is 0. The van der Waals surface area contributed by atoms with Gasteiger partial charge in [-0.25, -0.2) is 0 Å². The molecule has 0 aliphatic carbocycles. The first-order valence-corrected chi connectivity index (χ1v) is 10.5. The Morgan fingerprint density at radius 3 is 2.09 bits per heavy atom. The number of hydrogen-bond donors (Lipinski definition) is 0. The minimum Gasteiger partial charge on any atom is -0.493 e. The highest BCUT2D eigenvalue weighted by molar-refractivity contribution is 5.93. The smallest absolute Gasteiger partial charge is 0.214 e. The fourth-order valence-corrected chi connectivity index (χ4v) is 4.54. The van der Waals surface area contributed by atoms with E-state index >= 15 is 0 Å². The predicted molar refractivity (Wildman–Crippen MR) is 128 cm³/mol. The molecule has 0 bridgehead atoms. The van der Waals surface area contributed by atoms with Crippen LogP contribution in [0.5, 0.6) is 17.2 Å². The van der Waals surface area contributed by atoms with Crippen molar-refractivity contribution in [2.45, 2.75) is 5.92 Å². The highest BCUT2D eigenvalue weighted by Crippen LogP contribution is 2.45. The van der Waals surface area contributed by atoms with Gasteiger partial charge in [0.1, 0.15) is 0 Å². The summed E-state index contributed by atoms with van der Waals surface area (Å²) in [4.78, 5) is 11.6. The van der Waals surface area contributed by atoms with Crippen molar-refractivity contribution in [3.8, 4) is 28.5 Å². The van der Waals surface area contributed by atoms with Crippen molar-refractivity contribution in [1.82, 2.24) is 4.57 Å². The molecule has 0 aliphatic rings. The fourth-order valence-electron chi connectivity index (χ4n) is 4.54. The van der Waals surface area contributed by atoms with Gasteiger partial charge in [0, 0.05) is 22.9 Å². The molecule has 0 aliphatic heterocycles. The Hall–Kier alpha value is -4.00. The maximum atomic E-state index is 11.9. The molecule has 4 aromatic rings. The lowest BCUT2D eigenvalue weighted by molar-refractivity contribution is -0.481. The Morgan fingerprint density at radius 1 is 0.909 bits per heavy atom. The van der Waals surface area contributed by atoms with Gasteiger partial charge in [-0.05, 0) is 34.9 Å². The van der Waals surface area contributed by atoms with E-state index in [-0.39, 0.29) is 11.5 Å². The van der Waals surface area contributed by atoms with Gasteiger partial charge in [-0.2, -0.15) is 0 Å². The van der Waals surface area contributed by atoms with Gasteiger partial charge < -0.3 is 18.8 Å². The van der Waals surface area contributed by atoms with Crippen LogP contribution in [0.4, 0.5) is 0 Å². The SMILES string of the molecule is COc1cc(C(C[N+](=O)[O-])c2c(-c3ccccc3)n(C)c3ccccc23)cc(OC)c1OC. The number of nitrogens with zero attached hydrogens (tertiary/aromatic N) is 2. The van der Waals surface area contributed by atoms with E-state index in [1.807, 2.05) is 61.6 Å². The summed E-state index contributed by atoms with van der Waals surface area (Å²) in [5.74, 6) is 0.822. The quantitative estimate of drug-likeness (QED) is 0.272. The van der Waals surface area contributed by atoms with Crippen molar-refractivity contribution in [3.63, 3.8) is 0 Å². The zero-order valence-electron chi connectivity index (χ0n) is 19.1. The van der Waals surface area contributed by atoms with Crippen molar-refractivity contribution in [1.29, 1.82) is 0 Å².